The van der Waals surface area contributed by atoms with Crippen LogP contribution < -0.4 is 4.90 Å². The number of nitrogens with zero attached hydrogens (tertiary/aromatic N) is 3. The number of rotatable bonds is 1. The van der Waals surface area contributed by atoms with E-state index in [2.05, 4.69) is 21.7 Å². The van der Waals surface area contributed by atoms with Crippen LogP contribution in [0.3, 0.4) is 0 Å². The second kappa shape index (κ2) is 5.48. The predicted octanol–water partition coefficient (Wildman–Crippen LogP) is 3.16. The first-order valence-corrected chi connectivity index (χ1v) is 7.49. The Hall–Kier alpha value is -1.30. The Morgan fingerprint density at radius 2 is 2.00 bits per heavy atom. The lowest BCUT2D eigenvalue weighted by atomic mass is 9.97. The van der Waals surface area contributed by atoms with Gasteiger partial charge >= 0.3 is 6.18 Å². The Morgan fingerprint density at radius 3 is 2.67 bits per heavy atom. The van der Waals surface area contributed by atoms with Gasteiger partial charge in [0.05, 0.1) is 11.9 Å². The van der Waals surface area contributed by atoms with E-state index in [4.69, 9.17) is 0 Å². The van der Waals surface area contributed by atoms with Crippen LogP contribution in [-0.4, -0.2) is 41.6 Å². The van der Waals surface area contributed by atoms with E-state index in [1.165, 1.54) is 25.5 Å². The highest BCUT2D eigenvalue weighted by Crippen LogP contribution is 2.31. The van der Waals surface area contributed by atoms with Gasteiger partial charge in [0.2, 0.25) is 0 Å². The molecule has 1 aromatic heterocycles. The van der Waals surface area contributed by atoms with Crippen LogP contribution in [0.2, 0.25) is 0 Å². The molecule has 1 aromatic rings. The summed E-state index contributed by atoms with van der Waals surface area (Å²) in [5.74, 6) is 0. The molecule has 0 N–H and O–H groups in total. The normalized spacial score (nSPS) is 27.5. The fourth-order valence-corrected chi connectivity index (χ4v) is 3.44. The van der Waals surface area contributed by atoms with Crippen molar-refractivity contribution in [1.29, 1.82) is 0 Å². The molecule has 0 amide bonds. The van der Waals surface area contributed by atoms with Gasteiger partial charge < -0.3 is 4.90 Å². The third kappa shape index (κ3) is 3.00. The predicted molar refractivity (Wildman–Crippen MR) is 75.3 cm³/mol. The van der Waals surface area contributed by atoms with Crippen molar-refractivity contribution in [3.8, 4) is 0 Å². The van der Waals surface area contributed by atoms with Crippen LogP contribution in [0.5, 0.6) is 0 Å². The van der Waals surface area contributed by atoms with Gasteiger partial charge in [-0.15, -0.1) is 0 Å². The highest BCUT2D eigenvalue weighted by atomic mass is 19.4. The Morgan fingerprint density at radius 1 is 1.19 bits per heavy atom. The molecule has 0 spiro atoms. The number of alkyl halides is 3. The number of anilines is 1. The van der Waals surface area contributed by atoms with Crippen molar-refractivity contribution in [2.45, 2.75) is 44.4 Å². The van der Waals surface area contributed by atoms with Crippen LogP contribution in [0.15, 0.2) is 18.3 Å². The third-order valence-corrected chi connectivity index (χ3v) is 4.56. The molecule has 0 aliphatic carbocycles. The third-order valence-electron chi connectivity index (χ3n) is 4.56. The van der Waals surface area contributed by atoms with Gasteiger partial charge in [0, 0.05) is 25.2 Å². The number of halogens is 3. The summed E-state index contributed by atoms with van der Waals surface area (Å²) in [5, 5.41) is 0. The summed E-state index contributed by atoms with van der Waals surface area (Å²) in [5.41, 5.74) is -0.0315. The molecule has 0 aromatic carbocycles. The molecule has 0 saturated carbocycles. The maximum Gasteiger partial charge on any atom is 0.433 e. The van der Waals surface area contributed by atoms with E-state index in [1.54, 1.807) is 6.07 Å². The highest BCUT2D eigenvalue weighted by molar-refractivity contribution is 5.47. The van der Waals surface area contributed by atoms with Crippen molar-refractivity contribution in [3.05, 3.63) is 24.0 Å². The minimum atomic E-state index is -4.37. The topological polar surface area (TPSA) is 19.4 Å². The number of piperidine rings is 1. The standard InChI is InChI=1S/C15H20F3N3/c1-11-9-20-7-3-2-4-13(20)10-21(11)12-5-6-14(19-8-12)15(16,17)18/h5-6,8,11,13H,2-4,7,9-10H2,1H3. The molecule has 116 valence electrons. The monoisotopic (exact) mass is 299 g/mol. The van der Waals surface area contributed by atoms with Crippen LogP contribution in [0.4, 0.5) is 18.9 Å². The number of piperazine rings is 1. The molecular formula is C15H20F3N3. The van der Waals surface area contributed by atoms with Gasteiger partial charge in [0.25, 0.3) is 0 Å². The van der Waals surface area contributed by atoms with Crippen LogP contribution in [0, 0.1) is 0 Å². The molecule has 21 heavy (non-hydrogen) atoms. The summed E-state index contributed by atoms with van der Waals surface area (Å²) in [6.45, 7) is 5.14. The van der Waals surface area contributed by atoms with Crippen molar-refractivity contribution in [1.82, 2.24) is 9.88 Å². The Kier molecular flexibility index (Phi) is 3.82. The number of aromatic nitrogens is 1. The lowest BCUT2D eigenvalue weighted by Crippen LogP contribution is -2.58. The van der Waals surface area contributed by atoms with Gasteiger partial charge in [-0.05, 0) is 38.4 Å². The van der Waals surface area contributed by atoms with Gasteiger partial charge in [-0.3, -0.25) is 4.90 Å². The average molecular weight is 299 g/mol. The zero-order valence-corrected chi connectivity index (χ0v) is 12.1. The number of hydrogen-bond donors (Lipinski definition) is 0. The van der Waals surface area contributed by atoms with Crippen LogP contribution in [0.25, 0.3) is 0 Å². The lowest BCUT2D eigenvalue weighted by Gasteiger charge is -2.48. The molecule has 2 fully saturated rings. The van der Waals surface area contributed by atoms with Crippen molar-refractivity contribution in [2.24, 2.45) is 0 Å². The van der Waals surface area contributed by atoms with Crippen molar-refractivity contribution in [2.75, 3.05) is 24.5 Å². The molecule has 0 radical (unpaired) electrons. The van der Waals surface area contributed by atoms with Gasteiger partial charge in [0.1, 0.15) is 5.69 Å². The van der Waals surface area contributed by atoms with E-state index in [9.17, 15) is 13.2 Å². The summed E-state index contributed by atoms with van der Waals surface area (Å²) in [6.07, 6.45) is 0.668. The first kappa shape index (κ1) is 14.6. The van der Waals surface area contributed by atoms with E-state index < -0.39 is 11.9 Å². The highest BCUT2D eigenvalue weighted by Gasteiger charge is 2.35. The molecule has 3 heterocycles. The largest absolute Gasteiger partial charge is 0.433 e. The molecule has 2 aliphatic heterocycles. The number of fused-ring (bicyclic) bond motifs is 1. The molecule has 2 aliphatic rings. The fraction of sp³-hybridized carbons (Fsp3) is 0.667. The summed E-state index contributed by atoms with van der Waals surface area (Å²) < 4.78 is 37.7. The maximum absolute atomic E-state index is 12.6. The van der Waals surface area contributed by atoms with Gasteiger partial charge in [-0.1, -0.05) is 6.42 Å². The van der Waals surface area contributed by atoms with Crippen molar-refractivity contribution >= 4 is 5.69 Å². The summed E-state index contributed by atoms with van der Waals surface area (Å²) in [7, 11) is 0. The molecule has 3 nitrogen and oxygen atoms in total. The molecule has 2 saturated heterocycles. The van der Waals surface area contributed by atoms with Gasteiger partial charge in [-0.25, -0.2) is 4.98 Å². The molecule has 0 bridgehead atoms. The molecular weight excluding hydrogens is 279 g/mol. The Balaban J connectivity index is 1.76. The second-order valence-electron chi connectivity index (χ2n) is 6.05. The van der Waals surface area contributed by atoms with Crippen molar-refractivity contribution < 1.29 is 13.2 Å². The van der Waals surface area contributed by atoms with Crippen LogP contribution in [-0.2, 0) is 6.18 Å². The summed E-state index contributed by atoms with van der Waals surface area (Å²) in [4.78, 5) is 8.29. The maximum atomic E-state index is 12.6. The smallest absolute Gasteiger partial charge is 0.365 e. The van der Waals surface area contributed by atoms with Crippen LogP contribution >= 0.6 is 0 Å². The summed E-state index contributed by atoms with van der Waals surface area (Å²) >= 11 is 0. The quantitative estimate of drug-likeness (QED) is 0.794. The van der Waals surface area contributed by atoms with Gasteiger partial charge in [-0.2, -0.15) is 13.2 Å². The van der Waals surface area contributed by atoms with Gasteiger partial charge in [0.15, 0.2) is 0 Å². The summed E-state index contributed by atoms with van der Waals surface area (Å²) in [6, 6.07) is 3.45. The lowest BCUT2D eigenvalue weighted by molar-refractivity contribution is -0.141. The Bertz CT molecular complexity index is 486. The molecule has 3 rings (SSSR count). The van der Waals surface area contributed by atoms with E-state index in [0.29, 0.717) is 12.1 Å². The zero-order chi connectivity index (χ0) is 15.0. The minimum absolute atomic E-state index is 0.304. The molecule has 6 heteroatoms. The molecule has 2 atom stereocenters. The van der Waals surface area contributed by atoms with Crippen molar-refractivity contribution in [3.63, 3.8) is 0 Å². The minimum Gasteiger partial charge on any atom is -0.365 e. The second-order valence-corrected chi connectivity index (χ2v) is 6.05. The Labute approximate surface area is 122 Å². The number of hydrogen-bond acceptors (Lipinski definition) is 3. The molecule has 2 unspecified atom stereocenters. The average Bonchev–Trinajstić information content (AvgIpc) is 2.46. The fourth-order valence-electron chi connectivity index (χ4n) is 3.44. The first-order valence-electron chi connectivity index (χ1n) is 7.49. The van der Waals surface area contributed by atoms with E-state index in [0.717, 1.165) is 31.4 Å². The van der Waals surface area contributed by atoms with E-state index in [-0.39, 0.29) is 0 Å². The first-order chi connectivity index (χ1) is 9.95. The van der Waals surface area contributed by atoms with E-state index in [1.807, 2.05) is 0 Å². The zero-order valence-electron chi connectivity index (χ0n) is 12.1. The van der Waals surface area contributed by atoms with Crippen LogP contribution in [0.1, 0.15) is 31.9 Å². The SMILES string of the molecule is CC1CN2CCCCC2CN1c1ccc(C(F)(F)F)nc1. The number of pyridine rings is 1. The van der Waals surface area contributed by atoms with E-state index >= 15 is 0 Å².